The average Bonchev–Trinajstić information content (AvgIpc) is 2.71. The van der Waals surface area contributed by atoms with Crippen LogP contribution in [-0.4, -0.2) is 29.5 Å². The summed E-state index contributed by atoms with van der Waals surface area (Å²) in [6.07, 6.45) is 3.77. The zero-order chi connectivity index (χ0) is 19.9. The van der Waals surface area contributed by atoms with Crippen LogP contribution in [0, 0.1) is 13.8 Å². The van der Waals surface area contributed by atoms with Crippen LogP contribution in [0.5, 0.6) is 5.75 Å². The van der Waals surface area contributed by atoms with Crippen molar-refractivity contribution in [2.75, 3.05) is 19.0 Å². The standard InChI is InChI=1S/C22H24N4O2/c1-15-6-4-7-16(2)21(15)26-20-14-24-19(13-25-20)22(27)23-11-10-17-8-5-9-18(12-17)28-3/h4-9,12-14H,10-11H2,1-3H3,(H,23,27)(H,25,26). The van der Waals surface area contributed by atoms with Gasteiger partial charge in [-0.3, -0.25) is 4.79 Å². The summed E-state index contributed by atoms with van der Waals surface area (Å²) >= 11 is 0. The number of aryl methyl sites for hydroxylation is 2. The van der Waals surface area contributed by atoms with Crippen LogP contribution in [-0.2, 0) is 6.42 Å². The number of rotatable bonds is 7. The van der Waals surface area contributed by atoms with Gasteiger partial charge in [0.15, 0.2) is 0 Å². The summed E-state index contributed by atoms with van der Waals surface area (Å²) in [5.74, 6) is 1.17. The number of carbonyl (C=O) groups is 1. The summed E-state index contributed by atoms with van der Waals surface area (Å²) in [6, 6.07) is 13.9. The summed E-state index contributed by atoms with van der Waals surface area (Å²) in [6.45, 7) is 4.58. The third kappa shape index (κ3) is 4.85. The maximum absolute atomic E-state index is 12.3. The van der Waals surface area contributed by atoms with E-state index in [0.717, 1.165) is 28.1 Å². The van der Waals surface area contributed by atoms with Gasteiger partial charge in [-0.05, 0) is 49.1 Å². The Balaban J connectivity index is 1.56. The Bertz CT molecular complexity index is 935. The van der Waals surface area contributed by atoms with Crippen molar-refractivity contribution in [2.24, 2.45) is 0 Å². The lowest BCUT2D eigenvalue weighted by Gasteiger charge is -2.12. The van der Waals surface area contributed by atoms with Crippen molar-refractivity contribution in [3.8, 4) is 5.75 Å². The molecular formula is C22H24N4O2. The monoisotopic (exact) mass is 376 g/mol. The van der Waals surface area contributed by atoms with Crippen LogP contribution in [0.1, 0.15) is 27.2 Å². The molecule has 0 fully saturated rings. The van der Waals surface area contributed by atoms with Gasteiger partial charge in [0, 0.05) is 12.2 Å². The molecule has 3 aromatic rings. The summed E-state index contributed by atoms with van der Waals surface area (Å²) in [4.78, 5) is 20.8. The molecule has 0 saturated carbocycles. The van der Waals surface area contributed by atoms with Gasteiger partial charge < -0.3 is 15.4 Å². The minimum atomic E-state index is -0.242. The number of anilines is 2. The highest BCUT2D eigenvalue weighted by molar-refractivity contribution is 5.92. The van der Waals surface area contributed by atoms with Crippen LogP contribution < -0.4 is 15.4 Å². The maximum atomic E-state index is 12.3. The molecule has 0 aliphatic carbocycles. The van der Waals surface area contributed by atoms with Gasteiger partial charge in [0.05, 0.1) is 19.5 Å². The van der Waals surface area contributed by atoms with Crippen molar-refractivity contribution in [2.45, 2.75) is 20.3 Å². The van der Waals surface area contributed by atoms with Gasteiger partial charge in [-0.1, -0.05) is 30.3 Å². The Hall–Kier alpha value is -3.41. The molecule has 3 rings (SSSR count). The Morgan fingerprint density at radius 2 is 1.79 bits per heavy atom. The van der Waals surface area contributed by atoms with Crippen LogP contribution >= 0.6 is 0 Å². The fourth-order valence-electron chi connectivity index (χ4n) is 2.89. The summed E-state index contributed by atoms with van der Waals surface area (Å²) in [7, 11) is 1.64. The number of aromatic nitrogens is 2. The fraction of sp³-hybridized carbons (Fsp3) is 0.227. The van der Waals surface area contributed by atoms with Gasteiger partial charge in [0.2, 0.25) is 0 Å². The van der Waals surface area contributed by atoms with Crippen LogP contribution in [0.2, 0.25) is 0 Å². The predicted octanol–water partition coefficient (Wildman–Crippen LogP) is 3.82. The van der Waals surface area contributed by atoms with E-state index >= 15 is 0 Å². The number of hydrogen-bond donors (Lipinski definition) is 2. The van der Waals surface area contributed by atoms with Crippen LogP contribution in [0.15, 0.2) is 54.9 Å². The van der Waals surface area contributed by atoms with E-state index in [4.69, 9.17) is 4.74 Å². The van der Waals surface area contributed by atoms with Gasteiger partial charge in [-0.15, -0.1) is 0 Å². The number of amides is 1. The SMILES string of the molecule is COc1cccc(CCNC(=O)c2cnc(Nc3c(C)cccc3C)cn2)c1. The lowest BCUT2D eigenvalue weighted by Crippen LogP contribution is -2.26. The normalized spacial score (nSPS) is 10.4. The highest BCUT2D eigenvalue weighted by atomic mass is 16.5. The Morgan fingerprint density at radius 1 is 1.04 bits per heavy atom. The summed E-state index contributed by atoms with van der Waals surface area (Å²) < 4.78 is 5.21. The number of ether oxygens (including phenoxy) is 1. The third-order valence-electron chi connectivity index (χ3n) is 4.45. The molecule has 28 heavy (non-hydrogen) atoms. The van der Waals surface area contributed by atoms with Crippen LogP contribution in [0.4, 0.5) is 11.5 Å². The second-order valence-corrected chi connectivity index (χ2v) is 6.54. The van der Waals surface area contributed by atoms with Crippen molar-refractivity contribution in [3.05, 3.63) is 77.2 Å². The molecule has 2 N–H and O–H groups in total. The van der Waals surface area contributed by atoms with Crippen molar-refractivity contribution in [1.29, 1.82) is 0 Å². The zero-order valence-corrected chi connectivity index (χ0v) is 16.3. The largest absolute Gasteiger partial charge is 0.497 e. The lowest BCUT2D eigenvalue weighted by atomic mass is 10.1. The van der Waals surface area contributed by atoms with Crippen molar-refractivity contribution >= 4 is 17.4 Å². The summed E-state index contributed by atoms with van der Waals surface area (Å²) in [5, 5.41) is 6.13. The molecule has 0 atom stereocenters. The number of benzene rings is 2. The van der Waals surface area contributed by atoms with E-state index in [1.165, 1.54) is 6.20 Å². The maximum Gasteiger partial charge on any atom is 0.271 e. The van der Waals surface area contributed by atoms with E-state index in [9.17, 15) is 4.79 Å². The molecule has 1 heterocycles. The molecule has 0 aliphatic heterocycles. The zero-order valence-electron chi connectivity index (χ0n) is 16.3. The van der Waals surface area contributed by atoms with E-state index in [2.05, 4.69) is 20.6 Å². The molecule has 0 unspecified atom stereocenters. The van der Waals surface area contributed by atoms with E-state index in [-0.39, 0.29) is 11.6 Å². The molecule has 2 aromatic carbocycles. The molecule has 1 aromatic heterocycles. The van der Waals surface area contributed by atoms with Gasteiger partial charge in [0.1, 0.15) is 17.3 Å². The molecule has 0 aliphatic rings. The van der Waals surface area contributed by atoms with Gasteiger partial charge in [-0.25, -0.2) is 9.97 Å². The van der Waals surface area contributed by atoms with Gasteiger partial charge in [-0.2, -0.15) is 0 Å². The first kappa shape index (κ1) is 19.4. The molecule has 0 bridgehead atoms. The molecular weight excluding hydrogens is 352 g/mol. The summed E-state index contributed by atoms with van der Waals surface area (Å²) in [5.41, 5.74) is 4.64. The Kier molecular flexibility index (Phi) is 6.22. The van der Waals surface area contributed by atoms with E-state index in [1.807, 2.05) is 56.3 Å². The second-order valence-electron chi connectivity index (χ2n) is 6.54. The van der Waals surface area contributed by atoms with Gasteiger partial charge >= 0.3 is 0 Å². The molecule has 144 valence electrons. The first-order valence-electron chi connectivity index (χ1n) is 9.13. The molecule has 6 nitrogen and oxygen atoms in total. The van der Waals surface area contributed by atoms with Crippen molar-refractivity contribution < 1.29 is 9.53 Å². The van der Waals surface area contributed by atoms with Gasteiger partial charge in [0.25, 0.3) is 5.91 Å². The van der Waals surface area contributed by atoms with E-state index in [1.54, 1.807) is 13.3 Å². The first-order valence-corrected chi connectivity index (χ1v) is 9.13. The molecule has 0 radical (unpaired) electrons. The van der Waals surface area contributed by atoms with Crippen molar-refractivity contribution in [1.82, 2.24) is 15.3 Å². The lowest BCUT2D eigenvalue weighted by molar-refractivity contribution is 0.0949. The number of hydrogen-bond acceptors (Lipinski definition) is 5. The first-order chi connectivity index (χ1) is 13.6. The van der Waals surface area contributed by atoms with Crippen molar-refractivity contribution in [3.63, 3.8) is 0 Å². The minimum absolute atomic E-state index is 0.242. The Morgan fingerprint density at radius 3 is 2.46 bits per heavy atom. The predicted molar refractivity (Wildman–Crippen MR) is 110 cm³/mol. The highest BCUT2D eigenvalue weighted by Gasteiger charge is 2.09. The quantitative estimate of drug-likeness (QED) is 0.656. The molecule has 6 heteroatoms. The number of nitrogens with one attached hydrogen (secondary N) is 2. The average molecular weight is 376 g/mol. The minimum Gasteiger partial charge on any atom is -0.497 e. The molecule has 0 saturated heterocycles. The van der Waals surface area contributed by atoms with E-state index < -0.39 is 0 Å². The third-order valence-corrected chi connectivity index (χ3v) is 4.45. The molecule has 0 spiro atoms. The number of carbonyl (C=O) groups excluding carboxylic acids is 1. The molecule has 1 amide bonds. The fourth-order valence-corrected chi connectivity index (χ4v) is 2.89. The smallest absolute Gasteiger partial charge is 0.271 e. The van der Waals surface area contributed by atoms with Crippen LogP contribution in [0.25, 0.3) is 0 Å². The number of nitrogens with zero attached hydrogens (tertiary/aromatic N) is 2. The topological polar surface area (TPSA) is 76.1 Å². The highest BCUT2D eigenvalue weighted by Crippen LogP contribution is 2.22. The Labute approximate surface area is 165 Å². The second kappa shape index (κ2) is 8.99. The van der Waals surface area contributed by atoms with Crippen LogP contribution in [0.3, 0.4) is 0 Å². The van der Waals surface area contributed by atoms with E-state index in [0.29, 0.717) is 18.8 Å². The number of methoxy groups -OCH3 is 1. The number of para-hydroxylation sites is 1.